The normalized spacial score (nSPS) is 11.1. The quantitative estimate of drug-likeness (QED) is 0.729. The lowest BCUT2D eigenvalue weighted by Crippen LogP contribution is -2.37. The molecule has 3 rings (SSSR count). The van der Waals surface area contributed by atoms with Gasteiger partial charge in [-0.2, -0.15) is 0 Å². The summed E-state index contributed by atoms with van der Waals surface area (Å²) in [5.41, 5.74) is 0.893. The van der Waals surface area contributed by atoms with E-state index in [2.05, 4.69) is 4.98 Å². The van der Waals surface area contributed by atoms with Crippen LogP contribution in [0.4, 0.5) is 0 Å². The molecule has 0 bridgehead atoms. The highest BCUT2D eigenvalue weighted by Crippen LogP contribution is 2.13. The van der Waals surface area contributed by atoms with Gasteiger partial charge in [-0.3, -0.25) is 13.9 Å². The van der Waals surface area contributed by atoms with Crippen LogP contribution in [0, 0.1) is 0 Å². The van der Waals surface area contributed by atoms with Crippen LogP contribution in [0.15, 0.2) is 40.2 Å². The molecule has 0 unspecified atom stereocenters. The fourth-order valence-corrected chi connectivity index (χ4v) is 2.31. The van der Waals surface area contributed by atoms with E-state index in [-0.39, 0.29) is 11.3 Å². The molecule has 0 amide bonds. The summed E-state index contributed by atoms with van der Waals surface area (Å²) >= 11 is 0. The Labute approximate surface area is 119 Å². The van der Waals surface area contributed by atoms with E-state index in [1.807, 2.05) is 0 Å². The molecule has 2 aromatic heterocycles. The van der Waals surface area contributed by atoms with Gasteiger partial charge < -0.3 is 9.67 Å². The van der Waals surface area contributed by atoms with E-state index < -0.39 is 5.69 Å². The van der Waals surface area contributed by atoms with Gasteiger partial charge in [0.1, 0.15) is 5.75 Å². The molecule has 2 heterocycles. The summed E-state index contributed by atoms with van der Waals surface area (Å²) in [5.74, 6) is 0.188. The molecule has 7 nitrogen and oxygen atoms in total. The SMILES string of the molecule is Cn1c(=O)c2c(ncn2Cc2ccc(O)cc2)n(C)c1=O. The zero-order valence-electron chi connectivity index (χ0n) is 11.6. The average Bonchev–Trinajstić information content (AvgIpc) is 2.89. The Morgan fingerprint density at radius 2 is 1.76 bits per heavy atom. The van der Waals surface area contributed by atoms with E-state index in [0.717, 1.165) is 10.1 Å². The average molecular weight is 286 g/mol. The number of hydrogen-bond acceptors (Lipinski definition) is 4. The third-order valence-electron chi connectivity index (χ3n) is 3.51. The monoisotopic (exact) mass is 286 g/mol. The van der Waals surface area contributed by atoms with Crippen molar-refractivity contribution >= 4 is 11.2 Å². The molecule has 0 saturated heterocycles. The summed E-state index contributed by atoms with van der Waals surface area (Å²) in [5, 5.41) is 9.29. The molecule has 1 aromatic carbocycles. The number of phenols is 1. The second-order valence-electron chi connectivity index (χ2n) is 4.92. The van der Waals surface area contributed by atoms with Crippen molar-refractivity contribution in [1.29, 1.82) is 0 Å². The Morgan fingerprint density at radius 1 is 1.10 bits per heavy atom. The van der Waals surface area contributed by atoms with Gasteiger partial charge in [0.2, 0.25) is 0 Å². The van der Waals surface area contributed by atoms with Crippen LogP contribution in [0.25, 0.3) is 11.2 Å². The molecule has 0 fully saturated rings. The number of aromatic hydroxyl groups is 1. The van der Waals surface area contributed by atoms with Crippen LogP contribution >= 0.6 is 0 Å². The van der Waals surface area contributed by atoms with E-state index in [9.17, 15) is 14.7 Å². The number of aromatic nitrogens is 4. The number of nitrogens with zero attached hydrogens (tertiary/aromatic N) is 4. The minimum absolute atomic E-state index is 0.188. The first kappa shape index (κ1) is 13.2. The smallest absolute Gasteiger partial charge is 0.332 e. The van der Waals surface area contributed by atoms with Crippen molar-refractivity contribution in [3.8, 4) is 5.75 Å². The minimum atomic E-state index is -0.401. The Kier molecular flexibility index (Phi) is 2.90. The molecule has 108 valence electrons. The van der Waals surface area contributed by atoms with Crippen LogP contribution in [-0.4, -0.2) is 23.8 Å². The summed E-state index contributed by atoms with van der Waals surface area (Å²) in [4.78, 5) is 28.3. The number of rotatable bonds is 2. The third kappa shape index (κ3) is 2.03. The van der Waals surface area contributed by atoms with Gasteiger partial charge in [-0.25, -0.2) is 9.78 Å². The molecule has 7 heteroatoms. The van der Waals surface area contributed by atoms with Crippen LogP contribution in [0.2, 0.25) is 0 Å². The molecule has 0 aliphatic carbocycles. The first-order valence-electron chi connectivity index (χ1n) is 6.38. The zero-order chi connectivity index (χ0) is 15.1. The number of fused-ring (bicyclic) bond motifs is 1. The van der Waals surface area contributed by atoms with Crippen molar-refractivity contribution in [2.24, 2.45) is 14.1 Å². The fourth-order valence-electron chi connectivity index (χ4n) is 2.31. The molecule has 0 aliphatic heterocycles. The van der Waals surface area contributed by atoms with E-state index >= 15 is 0 Å². The van der Waals surface area contributed by atoms with Gasteiger partial charge in [-0.15, -0.1) is 0 Å². The number of phenolic OH excluding ortho intramolecular Hbond substituents is 1. The summed E-state index contributed by atoms with van der Waals surface area (Å²) in [7, 11) is 3.03. The Balaban J connectivity index is 2.19. The second-order valence-corrected chi connectivity index (χ2v) is 4.92. The molecule has 0 spiro atoms. The van der Waals surface area contributed by atoms with Gasteiger partial charge in [0.25, 0.3) is 5.56 Å². The van der Waals surface area contributed by atoms with Crippen LogP contribution in [0.5, 0.6) is 5.75 Å². The van der Waals surface area contributed by atoms with Gasteiger partial charge in [-0.1, -0.05) is 12.1 Å². The maximum atomic E-state index is 12.3. The van der Waals surface area contributed by atoms with Crippen molar-refractivity contribution in [3.05, 3.63) is 57.0 Å². The van der Waals surface area contributed by atoms with E-state index in [0.29, 0.717) is 17.7 Å². The molecule has 0 radical (unpaired) electrons. The zero-order valence-corrected chi connectivity index (χ0v) is 11.6. The standard InChI is InChI=1S/C14H14N4O3/c1-16-12-11(13(20)17(2)14(16)21)18(8-15-12)7-9-3-5-10(19)6-4-9/h3-6,8,19H,7H2,1-2H3. The Hall–Kier alpha value is -2.83. The molecular formula is C14H14N4O3. The molecule has 0 saturated carbocycles. The van der Waals surface area contributed by atoms with Crippen molar-refractivity contribution in [3.63, 3.8) is 0 Å². The number of benzene rings is 1. The summed E-state index contributed by atoms with van der Waals surface area (Å²) in [6.07, 6.45) is 1.54. The lowest BCUT2D eigenvalue weighted by molar-refractivity contribution is 0.475. The van der Waals surface area contributed by atoms with Gasteiger partial charge in [-0.05, 0) is 17.7 Å². The Morgan fingerprint density at radius 3 is 2.43 bits per heavy atom. The predicted octanol–water partition coefficient (Wildman–Crippen LogP) is 0.188. The first-order valence-corrected chi connectivity index (χ1v) is 6.38. The maximum Gasteiger partial charge on any atom is 0.332 e. The molecule has 0 atom stereocenters. The van der Waals surface area contributed by atoms with Gasteiger partial charge in [0, 0.05) is 20.6 Å². The van der Waals surface area contributed by atoms with Crippen LogP contribution in [-0.2, 0) is 20.6 Å². The van der Waals surface area contributed by atoms with Crippen molar-refractivity contribution < 1.29 is 5.11 Å². The van der Waals surface area contributed by atoms with Crippen molar-refractivity contribution in [2.75, 3.05) is 0 Å². The van der Waals surface area contributed by atoms with Crippen LogP contribution in [0.1, 0.15) is 5.56 Å². The van der Waals surface area contributed by atoms with Crippen molar-refractivity contribution in [1.82, 2.24) is 18.7 Å². The van der Waals surface area contributed by atoms with Gasteiger partial charge >= 0.3 is 5.69 Å². The topological polar surface area (TPSA) is 82.0 Å². The number of imidazole rings is 1. The summed E-state index contributed by atoms with van der Waals surface area (Å²) < 4.78 is 4.12. The predicted molar refractivity (Wildman–Crippen MR) is 77.4 cm³/mol. The van der Waals surface area contributed by atoms with E-state index in [1.54, 1.807) is 42.2 Å². The van der Waals surface area contributed by atoms with Gasteiger partial charge in [0.15, 0.2) is 11.2 Å². The second kappa shape index (κ2) is 4.62. The van der Waals surface area contributed by atoms with Crippen LogP contribution < -0.4 is 11.2 Å². The lowest BCUT2D eigenvalue weighted by Gasteiger charge is -2.07. The highest BCUT2D eigenvalue weighted by atomic mass is 16.3. The molecule has 0 aliphatic rings. The van der Waals surface area contributed by atoms with Crippen molar-refractivity contribution in [2.45, 2.75) is 6.54 Å². The first-order chi connectivity index (χ1) is 9.99. The molecule has 3 aromatic rings. The summed E-state index contributed by atoms with van der Waals surface area (Å²) in [6, 6.07) is 6.71. The fraction of sp³-hybridized carbons (Fsp3) is 0.214. The Bertz CT molecular complexity index is 932. The van der Waals surface area contributed by atoms with Crippen LogP contribution in [0.3, 0.4) is 0 Å². The minimum Gasteiger partial charge on any atom is -0.508 e. The van der Waals surface area contributed by atoms with E-state index in [4.69, 9.17) is 0 Å². The van der Waals surface area contributed by atoms with E-state index in [1.165, 1.54) is 11.6 Å². The molecule has 1 N–H and O–H groups in total. The number of hydrogen-bond donors (Lipinski definition) is 1. The lowest BCUT2D eigenvalue weighted by atomic mass is 10.2. The molecule has 21 heavy (non-hydrogen) atoms. The largest absolute Gasteiger partial charge is 0.508 e. The highest BCUT2D eigenvalue weighted by Gasteiger charge is 2.14. The highest BCUT2D eigenvalue weighted by molar-refractivity contribution is 5.70. The third-order valence-corrected chi connectivity index (χ3v) is 3.51. The summed E-state index contributed by atoms with van der Waals surface area (Å²) in [6.45, 7) is 0.435. The molecular weight excluding hydrogens is 272 g/mol. The maximum absolute atomic E-state index is 12.3. The van der Waals surface area contributed by atoms with Gasteiger partial charge in [0.05, 0.1) is 6.33 Å². The number of aryl methyl sites for hydroxylation is 1.